The number of allylic oxidation sites excluding steroid dienone is 2. The first-order valence-corrected chi connectivity index (χ1v) is 11.7. The second-order valence-electron chi connectivity index (χ2n) is 10.6. The van der Waals surface area contributed by atoms with Crippen LogP contribution in [0.5, 0.6) is 0 Å². The van der Waals surface area contributed by atoms with Crippen molar-refractivity contribution in [2.45, 2.75) is 98.4 Å². The highest BCUT2D eigenvalue weighted by atomic mass is 16.6. The largest absolute Gasteiger partial charge is 0.466 e. The van der Waals surface area contributed by atoms with Crippen molar-refractivity contribution in [3.8, 4) is 0 Å². The summed E-state index contributed by atoms with van der Waals surface area (Å²) < 4.78 is 17.2. The Kier molecular flexibility index (Phi) is 6.50. The van der Waals surface area contributed by atoms with Crippen LogP contribution >= 0.6 is 0 Å². The molecule has 3 aliphatic rings. The van der Waals surface area contributed by atoms with Crippen LogP contribution in [0.2, 0.25) is 0 Å². The molecule has 31 heavy (non-hydrogen) atoms. The lowest BCUT2D eigenvalue weighted by molar-refractivity contribution is -0.196. The van der Waals surface area contributed by atoms with Gasteiger partial charge in [0, 0.05) is 17.1 Å². The van der Waals surface area contributed by atoms with Gasteiger partial charge in [-0.1, -0.05) is 32.4 Å². The molecule has 174 valence electrons. The third-order valence-corrected chi connectivity index (χ3v) is 9.24. The Hall–Kier alpha value is -1.62. The molecule has 0 amide bonds. The standard InChI is InChI=1S/C26H40O5/c1-9-17(3)23(28)30-21-15-18(4)24(5,13-12-16(2)14-22(27)29-8)19-10-11-20-26(7,31-20)25(19,21)6/h9,14,18-21H,10-13,15H2,1-8H3/b16-14+,17-9-/t18-,19+,20-,21-,24-,25+,26-/m1/s1. The fourth-order valence-electron chi connectivity index (χ4n) is 6.50. The number of epoxide rings is 1. The van der Waals surface area contributed by atoms with Crippen LogP contribution in [0.25, 0.3) is 0 Å². The molecule has 1 saturated heterocycles. The zero-order valence-electron chi connectivity index (χ0n) is 20.5. The second kappa shape index (κ2) is 8.38. The zero-order valence-corrected chi connectivity index (χ0v) is 20.5. The van der Waals surface area contributed by atoms with E-state index in [4.69, 9.17) is 14.2 Å². The monoisotopic (exact) mass is 432 g/mol. The van der Waals surface area contributed by atoms with Gasteiger partial charge in [0.25, 0.3) is 0 Å². The molecule has 1 heterocycles. The van der Waals surface area contributed by atoms with Gasteiger partial charge in [0.05, 0.1) is 13.2 Å². The maximum atomic E-state index is 12.7. The van der Waals surface area contributed by atoms with E-state index < -0.39 is 0 Å². The van der Waals surface area contributed by atoms with Crippen LogP contribution in [0.4, 0.5) is 0 Å². The molecule has 0 N–H and O–H groups in total. The Balaban J connectivity index is 1.90. The normalized spacial score (nSPS) is 42.3. The Morgan fingerprint density at radius 1 is 1.16 bits per heavy atom. The van der Waals surface area contributed by atoms with E-state index in [0.29, 0.717) is 17.4 Å². The molecule has 3 rings (SSSR count). The highest BCUT2D eigenvalue weighted by molar-refractivity contribution is 5.87. The van der Waals surface area contributed by atoms with E-state index in [2.05, 4.69) is 27.7 Å². The molecule has 0 aromatic rings. The van der Waals surface area contributed by atoms with Crippen LogP contribution in [0.15, 0.2) is 23.3 Å². The molecule has 3 fully saturated rings. The van der Waals surface area contributed by atoms with Crippen molar-refractivity contribution in [2.24, 2.45) is 22.7 Å². The molecule has 0 radical (unpaired) electrons. The number of ether oxygens (including phenoxy) is 3. The molecule has 0 bridgehead atoms. The molecular weight excluding hydrogens is 392 g/mol. The lowest BCUT2D eigenvalue weighted by Gasteiger charge is -2.61. The maximum Gasteiger partial charge on any atom is 0.333 e. The molecule has 7 atom stereocenters. The van der Waals surface area contributed by atoms with Crippen LogP contribution in [0.3, 0.4) is 0 Å². The summed E-state index contributed by atoms with van der Waals surface area (Å²) in [7, 11) is 1.41. The minimum atomic E-state index is -0.296. The fourth-order valence-corrected chi connectivity index (χ4v) is 6.50. The highest BCUT2D eigenvalue weighted by Crippen LogP contribution is 2.70. The highest BCUT2D eigenvalue weighted by Gasteiger charge is 2.75. The van der Waals surface area contributed by atoms with E-state index in [1.54, 1.807) is 6.08 Å². The first-order valence-electron chi connectivity index (χ1n) is 11.7. The van der Waals surface area contributed by atoms with Crippen LogP contribution in [0.1, 0.15) is 80.6 Å². The number of esters is 2. The number of hydrogen-bond donors (Lipinski definition) is 0. The van der Waals surface area contributed by atoms with Gasteiger partial charge < -0.3 is 14.2 Å². The van der Waals surface area contributed by atoms with Gasteiger partial charge in [-0.05, 0) is 77.0 Å². The Morgan fingerprint density at radius 2 is 1.84 bits per heavy atom. The molecule has 1 aliphatic heterocycles. The minimum absolute atomic E-state index is 0.0679. The van der Waals surface area contributed by atoms with Gasteiger partial charge in [0.1, 0.15) is 11.7 Å². The molecule has 5 nitrogen and oxygen atoms in total. The summed E-state index contributed by atoms with van der Waals surface area (Å²) >= 11 is 0. The summed E-state index contributed by atoms with van der Waals surface area (Å²) in [6.45, 7) is 14.9. The number of carbonyl (C=O) groups excluding carboxylic acids is 2. The van der Waals surface area contributed by atoms with Crippen molar-refractivity contribution in [3.63, 3.8) is 0 Å². The summed E-state index contributed by atoms with van der Waals surface area (Å²) in [6, 6.07) is 0. The van der Waals surface area contributed by atoms with Crippen molar-refractivity contribution >= 4 is 11.9 Å². The van der Waals surface area contributed by atoms with E-state index in [1.165, 1.54) is 7.11 Å². The minimum Gasteiger partial charge on any atom is -0.466 e. The average molecular weight is 433 g/mol. The van der Waals surface area contributed by atoms with Crippen molar-refractivity contribution in [1.82, 2.24) is 0 Å². The maximum absolute atomic E-state index is 12.7. The van der Waals surface area contributed by atoms with Crippen molar-refractivity contribution in [2.75, 3.05) is 7.11 Å². The molecule has 0 aromatic heterocycles. The predicted octanol–water partition coefficient (Wildman–Crippen LogP) is 5.38. The van der Waals surface area contributed by atoms with Gasteiger partial charge >= 0.3 is 11.9 Å². The molecule has 0 spiro atoms. The summed E-state index contributed by atoms with van der Waals surface area (Å²) in [5.74, 6) is 0.252. The van der Waals surface area contributed by atoms with Crippen molar-refractivity contribution in [1.29, 1.82) is 0 Å². The van der Waals surface area contributed by atoms with Crippen LogP contribution in [-0.2, 0) is 23.8 Å². The summed E-state index contributed by atoms with van der Waals surface area (Å²) in [6.07, 6.45) is 8.32. The topological polar surface area (TPSA) is 65.1 Å². The van der Waals surface area contributed by atoms with E-state index in [1.807, 2.05) is 26.8 Å². The Morgan fingerprint density at radius 3 is 2.45 bits per heavy atom. The smallest absolute Gasteiger partial charge is 0.333 e. The summed E-state index contributed by atoms with van der Waals surface area (Å²) in [5.41, 5.74) is 1.28. The van der Waals surface area contributed by atoms with Gasteiger partial charge in [-0.3, -0.25) is 0 Å². The fraction of sp³-hybridized carbons (Fsp3) is 0.769. The van der Waals surface area contributed by atoms with Crippen molar-refractivity contribution < 1.29 is 23.8 Å². The molecule has 0 unspecified atom stereocenters. The molecule has 2 aliphatic carbocycles. The van der Waals surface area contributed by atoms with Gasteiger partial charge in [-0.15, -0.1) is 0 Å². The zero-order chi connectivity index (χ0) is 23.2. The number of rotatable bonds is 6. The number of carbonyl (C=O) groups is 2. The molecule has 5 heteroatoms. The van der Waals surface area contributed by atoms with E-state index >= 15 is 0 Å². The third-order valence-electron chi connectivity index (χ3n) is 9.24. The number of hydrogen-bond acceptors (Lipinski definition) is 5. The van der Waals surface area contributed by atoms with E-state index in [9.17, 15) is 9.59 Å². The number of methoxy groups -OCH3 is 1. The SMILES string of the molecule is C/C=C(/C)C(=O)O[C@@H]1C[C@@H](C)[C@@](C)(CC/C(C)=C/C(=O)OC)[C@@H]2CC[C@H]3O[C@@]3(C)[C@]12C. The average Bonchev–Trinajstić information content (AvgIpc) is 3.42. The summed E-state index contributed by atoms with van der Waals surface area (Å²) in [4.78, 5) is 24.4. The van der Waals surface area contributed by atoms with Crippen LogP contribution in [-0.4, -0.2) is 36.9 Å². The van der Waals surface area contributed by atoms with Crippen LogP contribution in [0, 0.1) is 22.7 Å². The van der Waals surface area contributed by atoms with E-state index in [0.717, 1.165) is 37.7 Å². The van der Waals surface area contributed by atoms with E-state index in [-0.39, 0.29) is 40.6 Å². The first kappa shape index (κ1) is 24.0. The van der Waals surface area contributed by atoms with Gasteiger partial charge in [0.2, 0.25) is 0 Å². The number of fused-ring (bicyclic) bond motifs is 3. The molecule has 2 saturated carbocycles. The van der Waals surface area contributed by atoms with Gasteiger partial charge in [-0.25, -0.2) is 9.59 Å². The van der Waals surface area contributed by atoms with Crippen molar-refractivity contribution in [3.05, 3.63) is 23.3 Å². The predicted molar refractivity (Wildman–Crippen MR) is 120 cm³/mol. The molecular formula is C26H40O5. The van der Waals surface area contributed by atoms with Gasteiger partial charge in [0.15, 0.2) is 0 Å². The Bertz CT molecular complexity index is 798. The van der Waals surface area contributed by atoms with Gasteiger partial charge in [-0.2, -0.15) is 0 Å². The second-order valence-corrected chi connectivity index (χ2v) is 10.6. The third kappa shape index (κ3) is 3.88. The lowest BCUT2D eigenvalue weighted by atomic mass is 9.43. The first-order chi connectivity index (χ1) is 14.4. The summed E-state index contributed by atoms with van der Waals surface area (Å²) in [5, 5.41) is 0. The lowest BCUT2D eigenvalue weighted by Crippen LogP contribution is -2.63. The quantitative estimate of drug-likeness (QED) is 0.320. The molecule has 0 aromatic carbocycles. The van der Waals surface area contributed by atoms with Crippen LogP contribution < -0.4 is 0 Å². The Labute approximate surface area is 187 Å².